The number of piperidine rings is 1. The molecule has 7 heteroatoms. The Labute approximate surface area is 183 Å². The number of nitrogens with one attached hydrogen (secondary N) is 1. The van der Waals surface area contributed by atoms with Crippen LogP contribution in [0.2, 0.25) is 0 Å². The van der Waals surface area contributed by atoms with Crippen LogP contribution in [0, 0.1) is 0 Å². The number of urea groups is 1. The van der Waals surface area contributed by atoms with Gasteiger partial charge in [0.1, 0.15) is 0 Å². The van der Waals surface area contributed by atoms with Gasteiger partial charge in [-0.2, -0.15) is 0 Å². The highest BCUT2D eigenvalue weighted by atomic mass is 16.2. The predicted octanol–water partition coefficient (Wildman–Crippen LogP) is 4.23. The summed E-state index contributed by atoms with van der Waals surface area (Å²) >= 11 is 0. The van der Waals surface area contributed by atoms with E-state index in [0.29, 0.717) is 5.69 Å². The van der Waals surface area contributed by atoms with E-state index in [2.05, 4.69) is 32.1 Å². The van der Waals surface area contributed by atoms with Crippen molar-refractivity contribution in [2.45, 2.75) is 32.2 Å². The summed E-state index contributed by atoms with van der Waals surface area (Å²) in [5, 5.41) is 2.96. The van der Waals surface area contributed by atoms with Crippen LogP contribution in [0.3, 0.4) is 0 Å². The highest BCUT2D eigenvalue weighted by Gasteiger charge is 2.26. The molecule has 1 saturated heterocycles. The standard InChI is InChI=1S/C24H28N6O/c1-3-18-15-26-23(27-16-18)30-13-11-21(12-14-30)29(2)24(31)28-20-9-10-22(25-17-20)19-7-5-4-6-8-19/h4-10,15-17,21H,3,11-14H2,1-2H3,(H,28,31). The average Bonchev–Trinajstić information content (AvgIpc) is 2.85. The van der Waals surface area contributed by atoms with E-state index in [-0.39, 0.29) is 12.1 Å². The number of carbonyl (C=O) groups excluding carboxylic acids is 1. The van der Waals surface area contributed by atoms with Crippen molar-refractivity contribution in [1.82, 2.24) is 19.9 Å². The van der Waals surface area contributed by atoms with Crippen LogP contribution in [0.1, 0.15) is 25.3 Å². The molecule has 0 unspecified atom stereocenters. The second-order valence-corrected chi connectivity index (χ2v) is 7.80. The molecule has 1 aromatic carbocycles. The molecule has 0 atom stereocenters. The number of rotatable bonds is 5. The van der Waals surface area contributed by atoms with Crippen molar-refractivity contribution in [3.8, 4) is 11.3 Å². The zero-order chi connectivity index (χ0) is 21.6. The van der Waals surface area contributed by atoms with Crippen molar-refractivity contribution in [3.63, 3.8) is 0 Å². The number of aryl methyl sites for hydroxylation is 1. The maximum absolute atomic E-state index is 12.7. The Morgan fingerprint density at radius 1 is 1.03 bits per heavy atom. The highest BCUT2D eigenvalue weighted by molar-refractivity contribution is 5.89. The Morgan fingerprint density at radius 2 is 1.74 bits per heavy atom. The molecule has 1 N–H and O–H groups in total. The smallest absolute Gasteiger partial charge is 0.321 e. The van der Waals surface area contributed by atoms with Gasteiger partial charge >= 0.3 is 6.03 Å². The van der Waals surface area contributed by atoms with Gasteiger partial charge in [0.05, 0.1) is 17.6 Å². The molecule has 1 aliphatic heterocycles. The van der Waals surface area contributed by atoms with Gasteiger partial charge in [0.2, 0.25) is 5.95 Å². The van der Waals surface area contributed by atoms with Crippen LogP contribution in [0.4, 0.5) is 16.4 Å². The number of nitrogens with zero attached hydrogens (tertiary/aromatic N) is 5. The van der Waals surface area contributed by atoms with E-state index in [4.69, 9.17) is 0 Å². The lowest BCUT2D eigenvalue weighted by atomic mass is 10.0. The molecule has 3 aromatic rings. The van der Waals surface area contributed by atoms with Crippen molar-refractivity contribution in [3.05, 3.63) is 66.6 Å². The minimum Gasteiger partial charge on any atom is -0.341 e. The Morgan fingerprint density at radius 3 is 2.35 bits per heavy atom. The van der Waals surface area contributed by atoms with Crippen molar-refractivity contribution < 1.29 is 4.79 Å². The lowest BCUT2D eigenvalue weighted by Gasteiger charge is -2.36. The molecule has 0 aliphatic carbocycles. The molecule has 0 spiro atoms. The number of hydrogen-bond donors (Lipinski definition) is 1. The third-order valence-corrected chi connectivity index (χ3v) is 5.80. The van der Waals surface area contributed by atoms with E-state index in [1.807, 2.05) is 61.9 Å². The monoisotopic (exact) mass is 416 g/mol. The van der Waals surface area contributed by atoms with Crippen molar-refractivity contribution in [1.29, 1.82) is 0 Å². The Kier molecular flexibility index (Phi) is 6.40. The topological polar surface area (TPSA) is 74.2 Å². The average molecular weight is 417 g/mol. The van der Waals surface area contributed by atoms with Gasteiger partial charge < -0.3 is 15.1 Å². The number of benzene rings is 1. The summed E-state index contributed by atoms with van der Waals surface area (Å²) in [6, 6.07) is 13.9. The molecule has 0 saturated carbocycles. The van der Waals surface area contributed by atoms with Gasteiger partial charge in [-0.25, -0.2) is 14.8 Å². The minimum atomic E-state index is -0.115. The summed E-state index contributed by atoms with van der Waals surface area (Å²) in [4.78, 5) is 30.2. The van der Waals surface area contributed by atoms with E-state index in [1.54, 1.807) is 11.1 Å². The van der Waals surface area contributed by atoms with Gasteiger partial charge in [-0.15, -0.1) is 0 Å². The zero-order valence-corrected chi connectivity index (χ0v) is 18.0. The van der Waals surface area contributed by atoms with E-state index in [1.165, 1.54) is 0 Å². The summed E-state index contributed by atoms with van der Waals surface area (Å²) in [5.41, 5.74) is 3.77. The third-order valence-electron chi connectivity index (χ3n) is 5.80. The molecule has 1 aliphatic rings. The molecule has 2 amide bonds. The van der Waals surface area contributed by atoms with Crippen molar-refractivity contribution in [2.24, 2.45) is 0 Å². The van der Waals surface area contributed by atoms with Crippen LogP contribution in [0.15, 0.2) is 61.1 Å². The Hall–Kier alpha value is -3.48. The van der Waals surface area contributed by atoms with Crippen LogP contribution < -0.4 is 10.2 Å². The molecule has 160 valence electrons. The first-order chi connectivity index (χ1) is 15.1. The zero-order valence-electron chi connectivity index (χ0n) is 18.0. The van der Waals surface area contributed by atoms with Gasteiger partial charge in [-0.1, -0.05) is 37.3 Å². The summed E-state index contributed by atoms with van der Waals surface area (Å²) in [6.07, 6.45) is 8.19. The fourth-order valence-corrected chi connectivity index (χ4v) is 3.77. The first-order valence-corrected chi connectivity index (χ1v) is 10.7. The molecule has 2 aromatic heterocycles. The van der Waals surface area contributed by atoms with Crippen LogP contribution in [0.5, 0.6) is 0 Å². The third kappa shape index (κ3) is 4.99. The minimum absolute atomic E-state index is 0.115. The maximum Gasteiger partial charge on any atom is 0.321 e. The number of aromatic nitrogens is 3. The molecular weight excluding hydrogens is 388 g/mol. The van der Waals surface area contributed by atoms with Crippen LogP contribution in [-0.2, 0) is 6.42 Å². The van der Waals surface area contributed by atoms with E-state index >= 15 is 0 Å². The van der Waals surface area contributed by atoms with Crippen LogP contribution >= 0.6 is 0 Å². The van der Waals surface area contributed by atoms with Gasteiger partial charge in [-0.05, 0) is 37.0 Å². The number of anilines is 2. The lowest BCUT2D eigenvalue weighted by Crippen LogP contribution is -2.47. The predicted molar refractivity (Wildman–Crippen MR) is 123 cm³/mol. The SMILES string of the molecule is CCc1cnc(N2CCC(N(C)C(=O)Nc3ccc(-c4ccccc4)nc3)CC2)nc1. The summed E-state index contributed by atoms with van der Waals surface area (Å²) in [6.45, 7) is 3.76. The van der Waals surface area contributed by atoms with Gasteiger partial charge in [0, 0.05) is 44.1 Å². The van der Waals surface area contributed by atoms with Crippen LogP contribution in [0.25, 0.3) is 11.3 Å². The summed E-state index contributed by atoms with van der Waals surface area (Å²) < 4.78 is 0. The van der Waals surface area contributed by atoms with Crippen LogP contribution in [-0.4, -0.2) is 52.1 Å². The van der Waals surface area contributed by atoms with Crippen molar-refractivity contribution >= 4 is 17.7 Å². The number of carbonyl (C=O) groups is 1. The van der Waals surface area contributed by atoms with Crippen molar-refractivity contribution in [2.75, 3.05) is 30.4 Å². The maximum atomic E-state index is 12.7. The molecule has 0 radical (unpaired) electrons. The first kappa shape index (κ1) is 20.8. The number of pyridine rings is 1. The molecule has 0 bridgehead atoms. The molecule has 4 rings (SSSR count). The van der Waals surface area contributed by atoms with Gasteiger partial charge in [0.25, 0.3) is 0 Å². The van der Waals surface area contributed by atoms with E-state index in [9.17, 15) is 4.79 Å². The first-order valence-electron chi connectivity index (χ1n) is 10.7. The van der Waals surface area contributed by atoms with Gasteiger partial charge in [-0.3, -0.25) is 4.98 Å². The quantitative estimate of drug-likeness (QED) is 0.674. The fourth-order valence-electron chi connectivity index (χ4n) is 3.77. The molecule has 1 fully saturated rings. The van der Waals surface area contributed by atoms with E-state index in [0.717, 1.165) is 55.1 Å². The summed E-state index contributed by atoms with van der Waals surface area (Å²) in [5.74, 6) is 0.771. The molecular formula is C24H28N6O. The molecule has 31 heavy (non-hydrogen) atoms. The number of amides is 2. The molecule has 7 nitrogen and oxygen atoms in total. The second-order valence-electron chi connectivity index (χ2n) is 7.80. The lowest BCUT2D eigenvalue weighted by molar-refractivity contribution is 0.193. The highest BCUT2D eigenvalue weighted by Crippen LogP contribution is 2.21. The van der Waals surface area contributed by atoms with Gasteiger partial charge in [0.15, 0.2) is 0 Å². The Bertz CT molecular complexity index is 983. The summed E-state index contributed by atoms with van der Waals surface area (Å²) in [7, 11) is 1.86. The molecule has 3 heterocycles. The second kappa shape index (κ2) is 9.55. The Balaban J connectivity index is 1.30. The fraction of sp³-hybridized carbons (Fsp3) is 0.333. The largest absolute Gasteiger partial charge is 0.341 e. The number of hydrogen-bond acceptors (Lipinski definition) is 5. The normalized spacial score (nSPS) is 14.3. The van der Waals surface area contributed by atoms with E-state index < -0.39 is 0 Å².